The molecule has 9 heteroatoms. The lowest BCUT2D eigenvalue weighted by Gasteiger charge is -2.23. The fourth-order valence-corrected chi connectivity index (χ4v) is 3.42. The van der Waals surface area contributed by atoms with Gasteiger partial charge in [0.2, 0.25) is 0 Å². The van der Waals surface area contributed by atoms with Crippen LogP contribution >= 0.6 is 11.3 Å². The van der Waals surface area contributed by atoms with Crippen LogP contribution in [0.2, 0.25) is 0 Å². The van der Waals surface area contributed by atoms with Crippen molar-refractivity contribution in [3.8, 4) is 0 Å². The van der Waals surface area contributed by atoms with E-state index >= 15 is 0 Å². The number of alkyl halides is 1. The van der Waals surface area contributed by atoms with Crippen molar-refractivity contribution in [2.45, 2.75) is 39.0 Å². The predicted molar refractivity (Wildman–Crippen MR) is 88.8 cm³/mol. The van der Waals surface area contributed by atoms with Crippen LogP contribution < -0.4 is 10.6 Å². The summed E-state index contributed by atoms with van der Waals surface area (Å²) in [6.45, 7) is 5.03. The van der Waals surface area contributed by atoms with Gasteiger partial charge in [0.1, 0.15) is 11.9 Å². The van der Waals surface area contributed by atoms with Crippen LogP contribution in [-0.2, 0) is 6.54 Å². The van der Waals surface area contributed by atoms with Gasteiger partial charge >= 0.3 is 6.03 Å². The molecule has 2 N–H and O–H groups in total. The van der Waals surface area contributed by atoms with Crippen molar-refractivity contribution < 1.29 is 13.7 Å². The number of carbonyl (C=O) groups is 1. The topological polar surface area (TPSA) is 83.3 Å². The molecule has 1 fully saturated rings. The molecule has 7 nitrogen and oxygen atoms in total. The second-order valence-corrected chi connectivity index (χ2v) is 6.99. The second kappa shape index (κ2) is 7.27. The highest BCUT2D eigenvalue weighted by Crippen LogP contribution is 2.23. The molecule has 0 saturated carbocycles. The highest BCUT2D eigenvalue weighted by molar-refractivity contribution is 7.09. The fraction of sp³-hybridized carbons (Fsp3) is 0.533. The number of urea groups is 1. The molecule has 0 unspecified atom stereocenters. The smallest absolute Gasteiger partial charge is 0.320 e. The zero-order valence-corrected chi connectivity index (χ0v) is 14.4. The van der Waals surface area contributed by atoms with E-state index in [1.165, 1.54) is 0 Å². The molecule has 24 heavy (non-hydrogen) atoms. The summed E-state index contributed by atoms with van der Waals surface area (Å²) in [7, 11) is 0. The number of carbonyl (C=O) groups excluding carboxylic acids is 1. The Bertz CT molecular complexity index is 704. The van der Waals surface area contributed by atoms with Crippen molar-refractivity contribution in [1.29, 1.82) is 0 Å². The number of rotatable bonds is 5. The van der Waals surface area contributed by atoms with E-state index in [4.69, 9.17) is 4.52 Å². The molecule has 2 aromatic heterocycles. The molecule has 1 saturated heterocycles. The standard InChI is InChI=1S/C15H20FN5O2S/c1-9-3-14(20-23-9)19-15(22)17-5-13-4-11(16)6-21(13)7-12-8-24-10(2)18-12/h3,8,11,13H,4-7H2,1-2H3,(H2,17,19,20,22)/t11-,13-/m0/s1. The Balaban J connectivity index is 1.51. The average Bonchev–Trinajstić information content (AvgIpc) is 3.20. The van der Waals surface area contributed by atoms with E-state index < -0.39 is 6.17 Å². The zero-order chi connectivity index (χ0) is 17.1. The van der Waals surface area contributed by atoms with Gasteiger partial charge in [-0.2, -0.15) is 0 Å². The number of amides is 2. The van der Waals surface area contributed by atoms with Crippen molar-refractivity contribution in [2.24, 2.45) is 0 Å². The van der Waals surface area contributed by atoms with Gasteiger partial charge in [0.15, 0.2) is 5.82 Å². The molecule has 0 aliphatic carbocycles. The highest BCUT2D eigenvalue weighted by Gasteiger charge is 2.32. The van der Waals surface area contributed by atoms with E-state index in [0.717, 1.165) is 10.7 Å². The highest BCUT2D eigenvalue weighted by atomic mass is 32.1. The van der Waals surface area contributed by atoms with Crippen molar-refractivity contribution in [3.05, 3.63) is 27.9 Å². The SMILES string of the molecule is Cc1cc(NC(=O)NC[C@@H]2C[C@H](F)CN2Cc2csc(C)n2)no1. The monoisotopic (exact) mass is 353 g/mol. The second-order valence-electron chi connectivity index (χ2n) is 5.93. The largest absolute Gasteiger partial charge is 0.360 e. The lowest BCUT2D eigenvalue weighted by atomic mass is 10.2. The Morgan fingerprint density at radius 1 is 1.54 bits per heavy atom. The van der Waals surface area contributed by atoms with Crippen molar-refractivity contribution in [1.82, 2.24) is 20.4 Å². The summed E-state index contributed by atoms with van der Waals surface area (Å²) in [6.07, 6.45) is -0.468. The van der Waals surface area contributed by atoms with Gasteiger partial charge in [-0.25, -0.2) is 14.2 Å². The number of halogens is 1. The molecule has 0 radical (unpaired) electrons. The quantitative estimate of drug-likeness (QED) is 0.863. The maximum absolute atomic E-state index is 13.8. The number of aryl methyl sites for hydroxylation is 2. The normalized spacial score (nSPS) is 21.1. The molecular weight excluding hydrogens is 333 g/mol. The minimum Gasteiger partial charge on any atom is -0.360 e. The summed E-state index contributed by atoms with van der Waals surface area (Å²) in [4.78, 5) is 18.4. The number of aromatic nitrogens is 2. The maximum atomic E-state index is 13.8. The molecule has 0 aromatic carbocycles. The van der Waals surface area contributed by atoms with E-state index in [0.29, 0.717) is 37.6 Å². The molecule has 2 atom stereocenters. The molecular formula is C15H20FN5O2S. The van der Waals surface area contributed by atoms with Gasteiger partial charge in [-0.3, -0.25) is 10.2 Å². The summed E-state index contributed by atoms with van der Waals surface area (Å²) in [6, 6.07) is 1.20. The number of likely N-dealkylation sites (tertiary alicyclic amines) is 1. The molecule has 1 aliphatic rings. The molecule has 2 amide bonds. The summed E-state index contributed by atoms with van der Waals surface area (Å²) < 4.78 is 18.7. The first-order chi connectivity index (χ1) is 11.5. The van der Waals surface area contributed by atoms with Gasteiger partial charge in [0.05, 0.1) is 10.7 Å². The Kier molecular flexibility index (Phi) is 5.10. The van der Waals surface area contributed by atoms with E-state index in [-0.39, 0.29) is 12.1 Å². The first-order valence-corrected chi connectivity index (χ1v) is 8.65. The Labute approximate surface area is 143 Å². The third-order valence-electron chi connectivity index (χ3n) is 3.88. The molecule has 3 heterocycles. The van der Waals surface area contributed by atoms with Gasteiger partial charge in [0.25, 0.3) is 0 Å². The number of hydrogen-bond donors (Lipinski definition) is 2. The summed E-state index contributed by atoms with van der Waals surface area (Å²) in [5.74, 6) is 0.973. The maximum Gasteiger partial charge on any atom is 0.320 e. The van der Waals surface area contributed by atoms with Crippen LogP contribution in [0.5, 0.6) is 0 Å². The predicted octanol–water partition coefficient (Wildman–Crippen LogP) is 2.48. The van der Waals surface area contributed by atoms with Crippen LogP contribution in [-0.4, -0.2) is 46.4 Å². The van der Waals surface area contributed by atoms with Crippen LogP contribution in [0.15, 0.2) is 16.0 Å². The van der Waals surface area contributed by atoms with Gasteiger partial charge in [0, 0.05) is 37.1 Å². The van der Waals surface area contributed by atoms with Crippen molar-refractivity contribution >= 4 is 23.2 Å². The van der Waals surface area contributed by atoms with Crippen LogP contribution in [0, 0.1) is 13.8 Å². The molecule has 2 aromatic rings. The molecule has 0 spiro atoms. The van der Waals surface area contributed by atoms with Crippen LogP contribution in [0.3, 0.4) is 0 Å². The molecule has 130 valence electrons. The average molecular weight is 353 g/mol. The first kappa shape index (κ1) is 16.8. The minimum absolute atomic E-state index is 0.0493. The Hall–Kier alpha value is -2.00. The fourth-order valence-electron chi connectivity index (χ4n) is 2.81. The molecule has 3 rings (SSSR count). The third-order valence-corrected chi connectivity index (χ3v) is 4.70. The number of nitrogens with zero attached hydrogens (tertiary/aromatic N) is 3. The summed E-state index contributed by atoms with van der Waals surface area (Å²) >= 11 is 1.58. The summed E-state index contributed by atoms with van der Waals surface area (Å²) in [5.41, 5.74) is 0.944. The van der Waals surface area contributed by atoms with Crippen LogP contribution in [0.1, 0.15) is 22.9 Å². The molecule has 0 bridgehead atoms. The number of hydrogen-bond acceptors (Lipinski definition) is 6. The van der Waals surface area contributed by atoms with E-state index in [1.807, 2.05) is 17.2 Å². The molecule has 1 aliphatic heterocycles. The van der Waals surface area contributed by atoms with E-state index in [9.17, 15) is 9.18 Å². The van der Waals surface area contributed by atoms with Crippen molar-refractivity contribution in [2.75, 3.05) is 18.4 Å². The van der Waals surface area contributed by atoms with Gasteiger partial charge in [-0.15, -0.1) is 11.3 Å². The van der Waals surface area contributed by atoms with E-state index in [2.05, 4.69) is 20.8 Å². The van der Waals surface area contributed by atoms with E-state index in [1.54, 1.807) is 24.3 Å². The number of nitrogens with one attached hydrogen (secondary N) is 2. The first-order valence-electron chi connectivity index (χ1n) is 7.77. The van der Waals surface area contributed by atoms with Gasteiger partial charge in [-0.1, -0.05) is 5.16 Å². The lowest BCUT2D eigenvalue weighted by Crippen LogP contribution is -2.41. The minimum atomic E-state index is -0.877. The van der Waals surface area contributed by atoms with Crippen molar-refractivity contribution in [3.63, 3.8) is 0 Å². The number of thiazole rings is 1. The summed E-state index contributed by atoms with van der Waals surface area (Å²) in [5, 5.41) is 12.0. The Morgan fingerprint density at radius 3 is 3.04 bits per heavy atom. The Morgan fingerprint density at radius 2 is 2.38 bits per heavy atom. The zero-order valence-electron chi connectivity index (χ0n) is 13.6. The third kappa shape index (κ3) is 4.30. The number of anilines is 1. The lowest BCUT2D eigenvalue weighted by molar-refractivity contribution is 0.222. The van der Waals surface area contributed by atoms with Crippen LogP contribution in [0.25, 0.3) is 0 Å². The van der Waals surface area contributed by atoms with Gasteiger partial charge < -0.3 is 9.84 Å². The van der Waals surface area contributed by atoms with Gasteiger partial charge in [-0.05, 0) is 20.3 Å². The van der Waals surface area contributed by atoms with Crippen LogP contribution in [0.4, 0.5) is 15.0 Å².